The van der Waals surface area contributed by atoms with Crippen LogP contribution in [0.4, 0.5) is 0 Å². The topological polar surface area (TPSA) is 29.5 Å². The van der Waals surface area contributed by atoms with E-state index in [-0.39, 0.29) is 6.10 Å². The number of hydrogen-bond donors (Lipinski definition) is 1. The molecule has 0 radical (unpaired) electrons. The summed E-state index contributed by atoms with van der Waals surface area (Å²) >= 11 is 0. The molecule has 2 nitrogen and oxygen atoms in total. The summed E-state index contributed by atoms with van der Waals surface area (Å²) in [6.07, 6.45) is -0.977. The minimum atomic E-state index is -0.651. The molecule has 0 saturated heterocycles. The second kappa shape index (κ2) is 6.50. The molecule has 0 aromatic heterocycles. The molecule has 2 aromatic carbocycles. The van der Waals surface area contributed by atoms with Crippen LogP contribution in [-0.2, 0) is 4.74 Å². The lowest BCUT2D eigenvalue weighted by molar-refractivity contribution is -0.0361. The molecule has 0 aliphatic carbocycles. The maximum atomic E-state index is 10.6. The van der Waals surface area contributed by atoms with Crippen molar-refractivity contribution in [2.24, 2.45) is 0 Å². The molecule has 2 heteroatoms. The molecule has 0 aliphatic heterocycles. The van der Waals surface area contributed by atoms with Gasteiger partial charge in [0.1, 0.15) is 12.2 Å². The normalized spacial score (nSPS) is 14.1. The van der Waals surface area contributed by atoms with Gasteiger partial charge < -0.3 is 9.84 Å². The van der Waals surface area contributed by atoms with E-state index in [1.54, 1.807) is 0 Å². The fraction of sp³-hybridized carbons (Fsp3) is 0.294. The van der Waals surface area contributed by atoms with Crippen LogP contribution in [0, 0.1) is 6.92 Å². The average molecular weight is 256 g/mol. The molecule has 2 aromatic rings. The van der Waals surface area contributed by atoms with E-state index >= 15 is 0 Å². The van der Waals surface area contributed by atoms with Crippen LogP contribution in [0.5, 0.6) is 0 Å². The second-order valence-electron chi connectivity index (χ2n) is 4.65. The molecule has 0 spiro atoms. The summed E-state index contributed by atoms with van der Waals surface area (Å²) in [6.45, 7) is 4.54. The van der Waals surface area contributed by atoms with Crippen molar-refractivity contribution >= 4 is 0 Å². The summed E-state index contributed by atoms with van der Waals surface area (Å²) in [5.41, 5.74) is 3.03. The van der Waals surface area contributed by atoms with Crippen molar-refractivity contribution in [3.63, 3.8) is 0 Å². The molecule has 0 heterocycles. The first-order chi connectivity index (χ1) is 9.22. The summed E-state index contributed by atoms with van der Waals surface area (Å²) in [5.74, 6) is 0. The Balaban J connectivity index is 2.29. The van der Waals surface area contributed by atoms with Crippen molar-refractivity contribution in [1.29, 1.82) is 0 Å². The number of hydrogen-bond acceptors (Lipinski definition) is 2. The first kappa shape index (κ1) is 13.8. The highest BCUT2D eigenvalue weighted by Crippen LogP contribution is 2.32. The fourth-order valence-electron chi connectivity index (χ4n) is 2.22. The molecule has 0 saturated carbocycles. The smallest absolute Gasteiger partial charge is 0.112 e. The minimum Gasteiger partial charge on any atom is -0.385 e. The van der Waals surface area contributed by atoms with Crippen LogP contribution in [0.3, 0.4) is 0 Å². The van der Waals surface area contributed by atoms with E-state index in [9.17, 15) is 5.11 Å². The standard InChI is InChI=1S/C17H20O2/c1-3-19-17(14-9-5-4-6-10-14)16(18)15-11-7-8-13(2)12-15/h4-12,16-18H,3H2,1-2H3. The van der Waals surface area contributed by atoms with Crippen molar-refractivity contribution in [2.75, 3.05) is 6.61 Å². The second-order valence-corrected chi connectivity index (χ2v) is 4.65. The zero-order chi connectivity index (χ0) is 13.7. The van der Waals surface area contributed by atoms with Gasteiger partial charge in [0.25, 0.3) is 0 Å². The first-order valence-corrected chi connectivity index (χ1v) is 6.63. The van der Waals surface area contributed by atoms with Gasteiger partial charge in [-0.2, -0.15) is 0 Å². The van der Waals surface area contributed by atoms with Crippen molar-refractivity contribution in [2.45, 2.75) is 26.1 Å². The van der Waals surface area contributed by atoms with Gasteiger partial charge in [-0.15, -0.1) is 0 Å². The number of aliphatic hydroxyl groups is 1. The Morgan fingerprint density at radius 2 is 1.68 bits per heavy atom. The van der Waals surface area contributed by atoms with Gasteiger partial charge in [0.15, 0.2) is 0 Å². The highest BCUT2D eigenvalue weighted by atomic mass is 16.5. The molecular weight excluding hydrogens is 236 g/mol. The van der Waals surface area contributed by atoms with Crippen molar-refractivity contribution < 1.29 is 9.84 Å². The Morgan fingerprint density at radius 1 is 1.00 bits per heavy atom. The summed E-state index contributed by atoms with van der Waals surface area (Å²) in [7, 11) is 0. The molecular formula is C17H20O2. The van der Waals surface area contributed by atoms with Gasteiger partial charge in [-0.05, 0) is 25.0 Å². The zero-order valence-corrected chi connectivity index (χ0v) is 11.4. The fourth-order valence-corrected chi connectivity index (χ4v) is 2.22. The monoisotopic (exact) mass is 256 g/mol. The van der Waals surface area contributed by atoms with E-state index in [1.807, 2.05) is 68.4 Å². The maximum Gasteiger partial charge on any atom is 0.112 e. The molecule has 1 N–H and O–H groups in total. The van der Waals surface area contributed by atoms with E-state index < -0.39 is 6.10 Å². The number of ether oxygens (including phenoxy) is 1. The summed E-state index contributed by atoms with van der Waals surface area (Å²) in [4.78, 5) is 0. The number of rotatable bonds is 5. The lowest BCUT2D eigenvalue weighted by atomic mass is 9.97. The quantitative estimate of drug-likeness (QED) is 0.881. The van der Waals surface area contributed by atoms with Gasteiger partial charge >= 0.3 is 0 Å². The Morgan fingerprint density at radius 3 is 2.32 bits per heavy atom. The largest absolute Gasteiger partial charge is 0.385 e. The number of aliphatic hydroxyl groups excluding tert-OH is 1. The predicted molar refractivity (Wildman–Crippen MR) is 76.9 cm³/mol. The Labute approximate surface area is 114 Å². The molecule has 100 valence electrons. The molecule has 0 fully saturated rings. The lowest BCUT2D eigenvalue weighted by Gasteiger charge is -2.24. The minimum absolute atomic E-state index is 0.326. The molecule has 19 heavy (non-hydrogen) atoms. The molecule has 0 aliphatic rings. The van der Waals surface area contributed by atoms with E-state index in [0.29, 0.717) is 6.61 Å². The van der Waals surface area contributed by atoms with Crippen molar-refractivity contribution in [3.8, 4) is 0 Å². The van der Waals surface area contributed by atoms with Crippen LogP contribution < -0.4 is 0 Å². The number of aryl methyl sites for hydroxylation is 1. The average Bonchev–Trinajstić information content (AvgIpc) is 2.45. The van der Waals surface area contributed by atoms with Crippen molar-refractivity contribution in [1.82, 2.24) is 0 Å². The summed E-state index contributed by atoms with van der Waals surface area (Å²) in [6, 6.07) is 17.8. The zero-order valence-electron chi connectivity index (χ0n) is 11.4. The van der Waals surface area contributed by atoms with Gasteiger partial charge in [-0.1, -0.05) is 60.2 Å². The highest BCUT2D eigenvalue weighted by molar-refractivity contribution is 5.28. The highest BCUT2D eigenvalue weighted by Gasteiger charge is 2.22. The summed E-state index contributed by atoms with van der Waals surface area (Å²) in [5, 5.41) is 10.6. The van der Waals surface area contributed by atoms with E-state index in [0.717, 1.165) is 16.7 Å². The molecule has 2 unspecified atom stereocenters. The maximum absolute atomic E-state index is 10.6. The van der Waals surface area contributed by atoms with Gasteiger partial charge in [-0.25, -0.2) is 0 Å². The van der Waals surface area contributed by atoms with Crippen molar-refractivity contribution in [3.05, 3.63) is 71.3 Å². The Hall–Kier alpha value is -1.64. The predicted octanol–water partition coefficient (Wildman–Crippen LogP) is 3.81. The molecule has 2 rings (SSSR count). The molecule has 0 bridgehead atoms. The summed E-state index contributed by atoms with van der Waals surface area (Å²) < 4.78 is 5.73. The Bertz CT molecular complexity index is 508. The molecule has 0 amide bonds. The van der Waals surface area contributed by atoms with E-state index in [1.165, 1.54) is 0 Å². The van der Waals surface area contributed by atoms with E-state index in [4.69, 9.17) is 4.74 Å². The number of benzene rings is 2. The third-order valence-corrected chi connectivity index (χ3v) is 3.14. The van der Waals surface area contributed by atoms with Crippen LogP contribution in [0.2, 0.25) is 0 Å². The Kier molecular flexibility index (Phi) is 4.72. The molecule has 2 atom stereocenters. The van der Waals surface area contributed by atoms with Crippen LogP contribution in [0.1, 0.15) is 35.8 Å². The van der Waals surface area contributed by atoms with Crippen LogP contribution in [-0.4, -0.2) is 11.7 Å². The van der Waals surface area contributed by atoms with Gasteiger partial charge in [-0.3, -0.25) is 0 Å². The van der Waals surface area contributed by atoms with E-state index in [2.05, 4.69) is 0 Å². The van der Waals surface area contributed by atoms with Crippen LogP contribution in [0.25, 0.3) is 0 Å². The van der Waals surface area contributed by atoms with Gasteiger partial charge in [0, 0.05) is 6.61 Å². The third kappa shape index (κ3) is 3.43. The first-order valence-electron chi connectivity index (χ1n) is 6.63. The van der Waals surface area contributed by atoms with Crippen LogP contribution in [0.15, 0.2) is 54.6 Å². The van der Waals surface area contributed by atoms with Gasteiger partial charge in [0.2, 0.25) is 0 Å². The van der Waals surface area contributed by atoms with Gasteiger partial charge in [0.05, 0.1) is 0 Å². The lowest BCUT2D eigenvalue weighted by Crippen LogP contribution is -2.14. The van der Waals surface area contributed by atoms with Crippen LogP contribution >= 0.6 is 0 Å². The SMILES string of the molecule is CCOC(c1ccccc1)C(O)c1cccc(C)c1. The third-order valence-electron chi connectivity index (χ3n) is 3.14.